The smallest absolute Gasteiger partial charge is 0.257 e. The van der Waals surface area contributed by atoms with Gasteiger partial charge in [0.25, 0.3) is 5.91 Å². The average molecular weight is 443 g/mol. The van der Waals surface area contributed by atoms with Crippen LogP contribution in [0.25, 0.3) is 10.9 Å². The predicted molar refractivity (Wildman–Crippen MR) is 127 cm³/mol. The Morgan fingerprint density at radius 2 is 2.03 bits per heavy atom. The molecule has 0 spiro atoms. The van der Waals surface area contributed by atoms with Crippen LogP contribution in [0.4, 0.5) is 10.1 Å². The van der Waals surface area contributed by atoms with Gasteiger partial charge in [-0.3, -0.25) is 14.8 Å². The summed E-state index contributed by atoms with van der Waals surface area (Å²) in [5.41, 5.74) is 9.27. The zero-order chi connectivity index (χ0) is 22.9. The van der Waals surface area contributed by atoms with Crippen LogP contribution in [-0.4, -0.2) is 21.9 Å². The van der Waals surface area contributed by atoms with E-state index < -0.39 is 5.82 Å². The number of amides is 1. The minimum absolute atomic E-state index is 0.151. The van der Waals surface area contributed by atoms with Crippen molar-refractivity contribution in [2.75, 3.05) is 5.32 Å². The highest BCUT2D eigenvalue weighted by Gasteiger charge is 2.27. The van der Waals surface area contributed by atoms with Crippen LogP contribution < -0.4 is 11.1 Å². The monoisotopic (exact) mass is 442 g/mol. The molecular formula is C27H27FN4O. The van der Waals surface area contributed by atoms with Gasteiger partial charge in [0, 0.05) is 35.3 Å². The van der Waals surface area contributed by atoms with Gasteiger partial charge in [-0.15, -0.1) is 0 Å². The highest BCUT2D eigenvalue weighted by molar-refractivity contribution is 6.12. The molecule has 2 heterocycles. The molecular weight excluding hydrogens is 415 g/mol. The van der Waals surface area contributed by atoms with E-state index in [4.69, 9.17) is 5.73 Å². The topological polar surface area (TPSA) is 80.9 Å². The molecule has 2 aromatic heterocycles. The Labute approximate surface area is 193 Å². The van der Waals surface area contributed by atoms with Crippen LogP contribution >= 0.6 is 0 Å². The molecule has 0 aliphatic heterocycles. The fraction of sp³-hybridized carbons (Fsp3) is 0.370. The van der Waals surface area contributed by atoms with Gasteiger partial charge in [-0.05, 0) is 73.8 Å². The van der Waals surface area contributed by atoms with Crippen LogP contribution in [-0.2, 0) is 0 Å². The van der Waals surface area contributed by atoms with E-state index in [2.05, 4.69) is 34.0 Å². The second-order valence-electron chi connectivity index (χ2n) is 9.45. The first-order valence-electron chi connectivity index (χ1n) is 11.6. The Morgan fingerprint density at radius 3 is 2.82 bits per heavy atom. The van der Waals surface area contributed by atoms with Gasteiger partial charge in [-0.1, -0.05) is 18.8 Å². The maximum atomic E-state index is 14.6. The lowest BCUT2D eigenvalue weighted by Gasteiger charge is -2.32. The Hall–Kier alpha value is -3.30. The summed E-state index contributed by atoms with van der Waals surface area (Å²) >= 11 is 0. The summed E-state index contributed by atoms with van der Waals surface area (Å²) in [5, 5.41) is 3.29. The predicted octanol–water partition coefficient (Wildman–Crippen LogP) is 5.01. The maximum Gasteiger partial charge on any atom is 0.257 e. The number of rotatable bonds is 3. The summed E-state index contributed by atoms with van der Waals surface area (Å²) in [6.07, 6.45) is 10.2. The Morgan fingerprint density at radius 1 is 1.18 bits per heavy atom. The van der Waals surface area contributed by atoms with Crippen LogP contribution in [0.5, 0.6) is 0 Å². The zero-order valence-electron chi connectivity index (χ0n) is 18.6. The van der Waals surface area contributed by atoms with Crippen LogP contribution in [0, 0.1) is 29.5 Å². The normalized spacial score (nSPS) is 22.5. The number of hydrogen-bond donors (Lipinski definition) is 2. The van der Waals surface area contributed by atoms with Crippen LogP contribution in [0.15, 0.2) is 42.9 Å². The Balaban J connectivity index is 1.44. The second kappa shape index (κ2) is 8.92. The fourth-order valence-electron chi connectivity index (χ4n) is 4.82. The number of fused-ring (bicyclic) bond motifs is 1. The fourth-order valence-corrected chi connectivity index (χ4v) is 4.82. The third-order valence-electron chi connectivity index (χ3n) is 6.56. The van der Waals surface area contributed by atoms with Gasteiger partial charge in [0.2, 0.25) is 0 Å². The molecule has 1 aromatic carbocycles. The van der Waals surface area contributed by atoms with E-state index >= 15 is 0 Å². The number of benzene rings is 1. The van der Waals surface area contributed by atoms with Crippen molar-refractivity contribution in [2.45, 2.75) is 51.0 Å². The van der Waals surface area contributed by atoms with Crippen molar-refractivity contribution in [1.29, 1.82) is 0 Å². The van der Waals surface area contributed by atoms with E-state index in [0.29, 0.717) is 39.6 Å². The number of aromatic nitrogens is 2. The summed E-state index contributed by atoms with van der Waals surface area (Å²) < 4.78 is 14.6. The van der Waals surface area contributed by atoms with E-state index in [1.165, 1.54) is 12.1 Å². The number of pyridine rings is 2. The minimum Gasteiger partial charge on any atom is -0.328 e. The van der Waals surface area contributed by atoms with E-state index in [1.54, 1.807) is 24.7 Å². The molecule has 33 heavy (non-hydrogen) atoms. The number of nitrogens with zero attached hydrogens (tertiary/aromatic N) is 2. The minimum atomic E-state index is -0.420. The van der Waals surface area contributed by atoms with Crippen LogP contribution in [0.2, 0.25) is 0 Å². The summed E-state index contributed by atoms with van der Waals surface area (Å²) in [5.74, 6) is 6.70. The number of nitrogens with one attached hydrogen (secondary N) is 1. The molecule has 0 bridgehead atoms. The molecule has 6 heteroatoms. The number of hydrogen-bond acceptors (Lipinski definition) is 4. The van der Waals surface area contributed by atoms with Gasteiger partial charge >= 0.3 is 0 Å². The Kier molecular flexibility index (Phi) is 5.82. The molecule has 3 aromatic rings. The third-order valence-corrected chi connectivity index (χ3v) is 6.56. The van der Waals surface area contributed by atoms with Gasteiger partial charge in [0.05, 0.1) is 23.0 Å². The van der Waals surface area contributed by atoms with Crippen molar-refractivity contribution in [1.82, 2.24) is 9.97 Å². The lowest BCUT2D eigenvalue weighted by atomic mass is 9.76. The molecule has 1 amide bonds. The molecule has 3 atom stereocenters. The SMILES string of the molecule is C[C@@H]1C[C@H](N)C[C@H](c2ccncc2NC(=O)c2ccc(F)c3cc(C#CC4CC4)cnc23)C1. The number of halogens is 1. The van der Waals surface area contributed by atoms with Crippen molar-refractivity contribution in [3.63, 3.8) is 0 Å². The van der Waals surface area contributed by atoms with Crippen molar-refractivity contribution in [3.8, 4) is 11.8 Å². The van der Waals surface area contributed by atoms with Crippen molar-refractivity contribution in [2.24, 2.45) is 17.6 Å². The maximum absolute atomic E-state index is 14.6. The molecule has 2 saturated carbocycles. The number of carbonyl (C=O) groups excluding carboxylic acids is 1. The number of carbonyl (C=O) groups is 1. The summed E-state index contributed by atoms with van der Waals surface area (Å²) in [4.78, 5) is 21.9. The van der Waals surface area contributed by atoms with Gasteiger partial charge in [0.1, 0.15) is 5.82 Å². The zero-order valence-corrected chi connectivity index (χ0v) is 18.6. The number of nitrogens with two attached hydrogens (primary N) is 1. The second-order valence-corrected chi connectivity index (χ2v) is 9.45. The quantitative estimate of drug-likeness (QED) is 0.559. The summed E-state index contributed by atoms with van der Waals surface area (Å²) in [6, 6.07) is 6.56. The molecule has 2 aliphatic rings. The van der Waals surface area contributed by atoms with Crippen molar-refractivity contribution >= 4 is 22.5 Å². The molecule has 0 saturated heterocycles. The molecule has 2 fully saturated rings. The first kappa shape index (κ1) is 21.5. The highest BCUT2D eigenvalue weighted by Crippen LogP contribution is 2.38. The van der Waals surface area contributed by atoms with Crippen LogP contribution in [0.3, 0.4) is 0 Å². The van der Waals surface area contributed by atoms with Gasteiger partial charge in [-0.2, -0.15) is 0 Å². The largest absolute Gasteiger partial charge is 0.328 e. The van der Waals surface area contributed by atoms with Gasteiger partial charge in [-0.25, -0.2) is 4.39 Å². The van der Waals surface area contributed by atoms with Crippen molar-refractivity contribution < 1.29 is 9.18 Å². The summed E-state index contributed by atoms with van der Waals surface area (Å²) in [7, 11) is 0. The first-order valence-corrected chi connectivity index (χ1v) is 11.6. The third kappa shape index (κ3) is 4.74. The lowest BCUT2D eigenvalue weighted by molar-refractivity contribution is 0.102. The highest BCUT2D eigenvalue weighted by atomic mass is 19.1. The molecule has 0 unspecified atom stereocenters. The molecule has 168 valence electrons. The number of anilines is 1. The first-order chi connectivity index (χ1) is 16.0. The van der Waals surface area contributed by atoms with E-state index in [0.717, 1.165) is 37.7 Å². The average Bonchev–Trinajstić information content (AvgIpc) is 3.62. The standard InChI is InChI=1S/C27H27FN4O/c1-16-10-19(13-20(29)11-16)21-8-9-30-15-25(21)32-27(33)22-6-7-24(28)23-12-18(14-31-26(22)23)5-4-17-2-3-17/h6-9,12,14-17,19-20H,2-3,10-11,13,29H2,1H3,(H,32,33)/t16-,19+,20-/m0/s1. The molecule has 2 aliphatic carbocycles. The van der Waals surface area contributed by atoms with E-state index in [-0.39, 0.29) is 17.9 Å². The lowest BCUT2D eigenvalue weighted by Crippen LogP contribution is -2.31. The van der Waals surface area contributed by atoms with E-state index in [9.17, 15) is 9.18 Å². The van der Waals surface area contributed by atoms with Gasteiger partial charge < -0.3 is 11.1 Å². The molecule has 3 N–H and O–H groups in total. The molecule has 0 radical (unpaired) electrons. The van der Waals surface area contributed by atoms with Gasteiger partial charge in [0.15, 0.2) is 0 Å². The molecule has 5 rings (SSSR count). The van der Waals surface area contributed by atoms with E-state index in [1.807, 2.05) is 6.07 Å². The Bertz CT molecular complexity index is 1260. The van der Waals surface area contributed by atoms with Crippen molar-refractivity contribution in [3.05, 3.63) is 65.4 Å². The van der Waals surface area contributed by atoms with Crippen LogP contribution in [0.1, 0.15) is 66.4 Å². The summed E-state index contributed by atoms with van der Waals surface area (Å²) in [6.45, 7) is 2.21. The molecule has 5 nitrogen and oxygen atoms in total.